The number of rotatable bonds is 35. The van der Waals surface area contributed by atoms with Gasteiger partial charge in [0.05, 0.1) is 17.9 Å². The number of amides is 1. The van der Waals surface area contributed by atoms with Crippen molar-refractivity contribution < 1.29 is 22.9 Å². The van der Waals surface area contributed by atoms with E-state index in [1.54, 1.807) is 6.08 Å². The zero-order valence-electron chi connectivity index (χ0n) is 29.8. The number of hydrogen-bond acceptors (Lipinski definition) is 4. The van der Waals surface area contributed by atoms with Crippen LogP contribution in [0, 0.1) is 0 Å². The number of unbranched alkanes of at least 4 members (excludes halogenated alkanes) is 27. The number of aliphatic hydroxyl groups excluding tert-OH is 1. The lowest BCUT2D eigenvalue weighted by atomic mass is 10.0. The van der Waals surface area contributed by atoms with E-state index in [2.05, 4.69) is 19.2 Å². The van der Waals surface area contributed by atoms with Gasteiger partial charge in [-0.2, -0.15) is 8.42 Å². The van der Waals surface area contributed by atoms with E-state index in [0.717, 1.165) is 38.5 Å². The third-order valence-corrected chi connectivity index (χ3v) is 9.74. The molecule has 45 heavy (non-hydrogen) atoms. The fourth-order valence-corrected chi connectivity index (χ4v) is 6.77. The molecule has 6 nitrogen and oxygen atoms in total. The van der Waals surface area contributed by atoms with Gasteiger partial charge in [0, 0.05) is 6.42 Å². The van der Waals surface area contributed by atoms with E-state index in [9.17, 15) is 22.9 Å². The molecular weight excluding hydrogens is 582 g/mol. The zero-order chi connectivity index (χ0) is 33.3. The lowest BCUT2D eigenvalue weighted by Crippen LogP contribution is -2.46. The summed E-state index contributed by atoms with van der Waals surface area (Å²) in [4.78, 5) is 12.4. The Morgan fingerprint density at radius 1 is 0.578 bits per heavy atom. The first kappa shape index (κ1) is 44.1. The summed E-state index contributed by atoms with van der Waals surface area (Å²) < 4.78 is 32.4. The van der Waals surface area contributed by atoms with Crippen molar-refractivity contribution in [2.75, 3.05) is 5.75 Å². The van der Waals surface area contributed by atoms with Crippen molar-refractivity contribution in [3.8, 4) is 0 Å². The minimum absolute atomic E-state index is 0.278. The van der Waals surface area contributed by atoms with Crippen LogP contribution in [0.4, 0.5) is 0 Å². The van der Waals surface area contributed by atoms with Gasteiger partial charge in [-0.25, -0.2) is 0 Å². The normalized spacial score (nSPS) is 13.4. The quantitative estimate of drug-likeness (QED) is 0.0357. The molecular formula is C38H75NO5S. The third-order valence-electron chi connectivity index (χ3n) is 8.96. The van der Waals surface area contributed by atoms with Crippen LogP contribution in [-0.2, 0) is 14.9 Å². The molecule has 0 heterocycles. The summed E-state index contributed by atoms with van der Waals surface area (Å²) >= 11 is 0. The molecule has 268 valence electrons. The second-order valence-corrected chi connectivity index (χ2v) is 15.1. The molecule has 2 unspecified atom stereocenters. The van der Waals surface area contributed by atoms with Crippen LogP contribution < -0.4 is 5.32 Å². The molecule has 2 atom stereocenters. The van der Waals surface area contributed by atoms with Crippen molar-refractivity contribution in [2.24, 2.45) is 0 Å². The van der Waals surface area contributed by atoms with Gasteiger partial charge < -0.3 is 10.4 Å². The Bertz CT molecular complexity index is 770. The maximum absolute atomic E-state index is 12.4. The molecule has 0 radical (unpaired) electrons. The molecule has 0 spiro atoms. The van der Waals surface area contributed by atoms with E-state index in [-0.39, 0.29) is 5.91 Å². The van der Waals surface area contributed by atoms with Crippen molar-refractivity contribution in [2.45, 2.75) is 219 Å². The first-order valence-electron chi connectivity index (χ1n) is 19.4. The van der Waals surface area contributed by atoms with Gasteiger partial charge in [-0.1, -0.05) is 193 Å². The van der Waals surface area contributed by atoms with Crippen molar-refractivity contribution >= 4 is 16.0 Å². The summed E-state index contributed by atoms with van der Waals surface area (Å²) in [5.41, 5.74) is 0. The minimum Gasteiger partial charge on any atom is -0.387 e. The van der Waals surface area contributed by atoms with Gasteiger partial charge in [0.25, 0.3) is 10.1 Å². The number of carbonyl (C=O) groups is 1. The summed E-state index contributed by atoms with van der Waals surface area (Å²) in [6.07, 6.45) is 39.1. The Hall–Kier alpha value is -0.920. The number of carbonyl (C=O) groups excluding carboxylic acids is 1. The van der Waals surface area contributed by atoms with Crippen LogP contribution in [0.2, 0.25) is 0 Å². The standard InChI is InChI=1S/C38H75NO5S/c1-3-5-7-9-11-13-15-16-17-18-19-20-21-22-24-25-27-29-31-33-37(40)36(35-45(42,43)44)39-38(41)34-32-30-28-26-23-14-12-10-8-6-4-2/h31,33,36-37,40H,3-30,32,34-35H2,1-2H3,(H,39,41)(H,42,43,44)/b33-31+. The first-order valence-corrected chi connectivity index (χ1v) is 21.0. The van der Waals surface area contributed by atoms with Crippen LogP contribution in [0.1, 0.15) is 206 Å². The minimum atomic E-state index is -4.33. The zero-order valence-corrected chi connectivity index (χ0v) is 30.6. The fourth-order valence-electron chi connectivity index (χ4n) is 6.04. The maximum Gasteiger partial charge on any atom is 0.267 e. The molecule has 1 amide bonds. The molecule has 0 aromatic rings. The van der Waals surface area contributed by atoms with Gasteiger partial charge in [-0.15, -0.1) is 0 Å². The molecule has 0 saturated carbocycles. The molecule has 0 aliphatic heterocycles. The Balaban J connectivity index is 3.90. The fraction of sp³-hybridized carbons (Fsp3) is 0.921. The molecule has 0 aliphatic carbocycles. The van der Waals surface area contributed by atoms with Gasteiger partial charge >= 0.3 is 0 Å². The Morgan fingerprint density at radius 2 is 0.911 bits per heavy atom. The number of aliphatic hydroxyl groups is 1. The lowest BCUT2D eigenvalue weighted by molar-refractivity contribution is -0.122. The monoisotopic (exact) mass is 658 g/mol. The van der Waals surface area contributed by atoms with Gasteiger partial charge in [0.15, 0.2) is 0 Å². The summed E-state index contributed by atoms with van der Waals surface area (Å²) in [5.74, 6) is -0.970. The van der Waals surface area contributed by atoms with Crippen molar-refractivity contribution in [3.05, 3.63) is 12.2 Å². The highest BCUT2D eigenvalue weighted by molar-refractivity contribution is 7.85. The molecule has 0 aliphatic rings. The van der Waals surface area contributed by atoms with E-state index in [1.165, 1.54) is 148 Å². The van der Waals surface area contributed by atoms with E-state index >= 15 is 0 Å². The Morgan fingerprint density at radius 3 is 1.27 bits per heavy atom. The average Bonchev–Trinajstić information content (AvgIpc) is 3.00. The van der Waals surface area contributed by atoms with Crippen LogP contribution in [-0.4, -0.2) is 41.9 Å². The van der Waals surface area contributed by atoms with E-state index in [0.29, 0.717) is 6.42 Å². The SMILES string of the molecule is CCCCCCCCCCCCCCCCCCC/C=C/C(O)C(CS(=O)(=O)O)NC(=O)CCCCCCCCCCCCC. The predicted octanol–water partition coefficient (Wildman–Crippen LogP) is 11.0. The van der Waals surface area contributed by atoms with Gasteiger partial charge in [-0.3, -0.25) is 9.35 Å². The van der Waals surface area contributed by atoms with Crippen LogP contribution in [0.3, 0.4) is 0 Å². The Kier molecular flexibility index (Phi) is 32.3. The highest BCUT2D eigenvalue weighted by Gasteiger charge is 2.24. The number of hydrogen-bond donors (Lipinski definition) is 3. The summed E-state index contributed by atoms with van der Waals surface area (Å²) in [7, 11) is -4.33. The molecule has 0 rings (SSSR count). The van der Waals surface area contributed by atoms with Crippen LogP contribution in [0.15, 0.2) is 12.2 Å². The smallest absolute Gasteiger partial charge is 0.267 e. The van der Waals surface area contributed by atoms with Crippen molar-refractivity contribution in [3.63, 3.8) is 0 Å². The maximum atomic E-state index is 12.4. The second kappa shape index (κ2) is 33.0. The molecule has 0 fully saturated rings. The molecule has 0 saturated heterocycles. The summed E-state index contributed by atoms with van der Waals surface area (Å²) in [6.45, 7) is 4.51. The van der Waals surface area contributed by atoms with Crippen LogP contribution >= 0.6 is 0 Å². The average molecular weight is 658 g/mol. The number of allylic oxidation sites excluding steroid dienone is 1. The van der Waals surface area contributed by atoms with E-state index < -0.39 is 28.0 Å². The highest BCUT2D eigenvalue weighted by Crippen LogP contribution is 2.15. The molecule has 0 bridgehead atoms. The molecule has 0 aromatic heterocycles. The van der Waals surface area contributed by atoms with Crippen LogP contribution in [0.5, 0.6) is 0 Å². The summed E-state index contributed by atoms with van der Waals surface area (Å²) in [5, 5.41) is 13.2. The van der Waals surface area contributed by atoms with Gasteiger partial charge in [0.2, 0.25) is 5.91 Å². The van der Waals surface area contributed by atoms with E-state index in [1.807, 2.05) is 6.08 Å². The lowest BCUT2D eigenvalue weighted by Gasteiger charge is -2.21. The predicted molar refractivity (Wildman–Crippen MR) is 193 cm³/mol. The number of nitrogens with one attached hydrogen (secondary N) is 1. The third kappa shape index (κ3) is 34.2. The van der Waals surface area contributed by atoms with E-state index in [4.69, 9.17) is 0 Å². The van der Waals surface area contributed by atoms with Gasteiger partial charge in [0.1, 0.15) is 0 Å². The first-order chi connectivity index (χ1) is 21.8. The topological polar surface area (TPSA) is 104 Å². The molecule has 7 heteroatoms. The molecule has 0 aromatic carbocycles. The summed E-state index contributed by atoms with van der Waals surface area (Å²) in [6, 6.07) is -1.05. The largest absolute Gasteiger partial charge is 0.387 e. The van der Waals surface area contributed by atoms with Crippen LogP contribution in [0.25, 0.3) is 0 Å². The van der Waals surface area contributed by atoms with Crippen molar-refractivity contribution in [1.82, 2.24) is 5.32 Å². The molecule has 3 N–H and O–H groups in total. The van der Waals surface area contributed by atoms with Gasteiger partial charge in [-0.05, 0) is 19.3 Å². The Labute approximate surface area is 280 Å². The van der Waals surface area contributed by atoms with Crippen molar-refractivity contribution in [1.29, 1.82) is 0 Å². The highest BCUT2D eigenvalue weighted by atomic mass is 32.2. The second-order valence-electron chi connectivity index (χ2n) is 13.6.